The third-order valence-electron chi connectivity index (χ3n) is 2.99. The molecule has 1 aromatic heterocycles. The summed E-state index contributed by atoms with van der Waals surface area (Å²) < 4.78 is 6.98. The fourth-order valence-corrected chi connectivity index (χ4v) is 2.14. The molecule has 1 heterocycles. The number of methoxy groups -OCH3 is 1. The Labute approximate surface area is 111 Å². The molecule has 0 saturated carbocycles. The number of ether oxygens (including phenoxy) is 1. The van der Waals surface area contributed by atoms with Crippen molar-refractivity contribution in [3.05, 3.63) is 41.5 Å². The zero-order valence-corrected chi connectivity index (χ0v) is 11.2. The Morgan fingerprint density at radius 1 is 1.32 bits per heavy atom. The van der Waals surface area contributed by atoms with E-state index in [1.165, 1.54) is 0 Å². The van der Waals surface area contributed by atoms with Gasteiger partial charge < -0.3 is 14.4 Å². The number of rotatable bonds is 4. The van der Waals surface area contributed by atoms with Crippen LogP contribution in [-0.2, 0) is 11.2 Å². The summed E-state index contributed by atoms with van der Waals surface area (Å²) in [5, 5.41) is 8.99. The molecule has 0 spiro atoms. The first-order chi connectivity index (χ1) is 9.02. The first kappa shape index (κ1) is 13.1. The van der Waals surface area contributed by atoms with Crippen molar-refractivity contribution in [1.82, 2.24) is 9.55 Å². The van der Waals surface area contributed by atoms with Crippen LogP contribution in [0.5, 0.6) is 5.75 Å². The molecule has 0 saturated heterocycles. The number of carboxylic acids is 1. The summed E-state index contributed by atoms with van der Waals surface area (Å²) in [5.74, 6) is 0.676. The predicted octanol–water partition coefficient (Wildman–Crippen LogP) is 2.12. The predicted molar refractivity (Wildman–Crippen MR) is 70.9 cm³/mol. The maximum atomic E-state index is 11.0. The lowest BCUT2D eigenvalue weighted by molar-refractivity contribution is -0.136. The van der Waals surface area contributed by atoms with E-state index in [0.29, 0.717) is 5.69 Å². The molecule has 0 fully saturated rings. The number of hydrogen-bond donors (Lipinski definition) is 1. The van der Waals surface area contributed by atoms with Crippen molar-refractivity contribution < 1.29 is 14.6 Å². The summed E-state index contributed by atoms with van der Waals surface area (Å²) in [6, 6.07) is 7.46. The summed E-state index contributed by atoms with van der Waals surface area (Å²) in [6.07, 6.45) is -0.0430. The quantitative estimate of drug-likeness (QED) is 0.914. The van der Waals surface area contributed by atoms with Gasteiger partial charge in [0.15, 0.2) is 0 Å². The highest BCUT2D eigenvalue weighted by atomic mass is 16.5. The molecule has 2 rings (SSSR count). The minimum Gasteiger partial charge on any atom is -0.497 e. The minimum atomic E-state index is -0.863. The van der Waals surface area contributed by atoms with E-state index in [9.17, 15) is 4.79 Å². The Balaban J connectivity index is 2.50. The van der Waals surface area contributed by atoms with Crippen molar-refractivity contribution >= 4 is 5.97 Å². The fourth-order valence-electron chi connectivity index (χ4n) is 2.14. The number of hydrogen-bond acceptors (Lipinski definition) is 3. The highest BCUT2D eigenvalue weighted by molar-refractivity contribution is 5.70. The Kier molecular flexibility index (Phi) is 3.55. The summed E-state index contributed by atoms with van der Waals surface area (Å²) in [4.78, 5) is 15.3. The highest BCUT2D eigenvalue weighted by Crippen LogP contribution is 2.21. The van der Waals surface area contributed by atoms with Crippen LogP contribution in [0.1, 0.15) is 17.2 Å². The topological polar surface area (TPSA) is 64.4 Å². The average molecular weight is 260 g/mol. The number of benzene rings is 1. The maximum Gasteiger partial charge on any atom is 0.309 e. The lowest BCUT2D eigenvalue weighted by Gasteiger charge is -2.10. The fraction of sp³-hybridized carbons (Fsp3) is 0.286. The lowest BCUT2D eigenvalue weighted by Crippen LogP contribution is -2.09. The van der Waals surface area contributed by atoms with Gasteiger partial charge in [0, 0.05) is 5.69 Å². The van der Waals surface area contributed by atoms with Crippen LogP contribution in [0.4, 0.5) is 0 Å². The number of imidazole rings is 1. The van der Waals surface area contributed by atoms with Crippen molar-refractivity contribution in [3.8, 4) is 11.4 Å². The first-order valence-corrected chi connectivity index (χ1v) is 5.94. The largest absolute Gasteiger partial charge is 0.497 e. The van der Waals surface area contributed by atoms with Crippen molar-refractivity contribution in [1.29, 1.82) is 0 Å². The monoisotopic (exact) mass is 260 g/mol. The maximum absolute atomic E-state index is 11.0. The first-order valence-electron chi connectivity index (χ1n) is 5.94. The lowest BCUT2D eigenvalue weighted by atomic mass is 10.2. The Bertz CT molecular complexity index is 600. The van der Waals surface area contributed by atoms with E-state index >= 15 is 0 Å². The van der Waals surface area contributed by atoms with Gasteiger partial charge in [0.05, 0.1) is 24.9 Å². The van der Waals surface area contributed by atoms with Gasteiger partial charge in [-0.2, -0.15) is 0 Å². The minimum absolute atomic E-state index is 0.0430. The molecule has 0 bridgehead atoms. The number of nitrogens with zero attached hydrogens (tertiary/aromatic N) is 2. The van der Waals surface area contributed by atoms with E-state index in [4.69, 9.17) is 9.84 Å². The van der Waals surface area contributed by atoms with E-state index in [1.54, 1.807) is 7.11 Å². The molecule has 5 heteroatoms. The molecule has 1 aromatic carbocycles. The van der Waals surface area contributed by atoms with Gasteiger partial charge in [0.2, 0.25) is 0 Å². The third kappa shape index (κ3) is 2.59. The zero-order valence-electron chi connectivity index (χ0n) is 11.2. The van der Waals surface area contributed by atoms with Crippen LogP contribution in [0.3, 0.4) is 0 Å². The molecule has 0 atom stereocenters. The second-order valence-electron chi connectivity index (χ2n) is 4.30. The molecule has 1 N–H and O–H groups in total. The van der Waals surface area contributed by atoms with Gasteiger partial charge in [0.1, 0.15) is 11.6 Å². The van der Waals surface area contributed by atoms with Crippen LogP contribution >= 0.6 is 0 Å². The van der Waals surface area contributed by atoms with Crippen LogP contribution in [0, 0.1) is 13.8 Å². The van der Waals surface area contributed by atoms with Gasteiger partial charge in [0.25, 0.3) is 0 Å². The van der Waals surface area contributed by atoms with E-state index < -0.39 is 5.97 Å². The number of aromatic nitrogens is 2. The van der Waals surface area contributed by atoms with E-state index in [0.717, 1.165) is 23.0 Å². The van der Waals surface area contributed by atoms with Crippen molar-refractivity contribution in [3.63, 3.8) is 0 Å². The summed E-state index contributed by atoms with van der Waals surface area (Å²) in [5.41, 5.74) is 2.33. The Hall–Kier alpha value is -2.30. The molecule has 5 nitrogen and oxygen atoms in total. The van der Waals surface area contributed by atoms with Gasteiger partial charge in [-0.25, -0.2) is 4.98 Å². The zero-order chi connectivity index (χ0) is 14.0. The second kappa shape index (κ2) is 5.14. The van der Waals surface area contributed by atoms with Crippen molar-refractivity contribution in [2.45, 2.75) is 20.3 Å². The number of aliphatic carboxylic acids is 1. The van der Waals surface area contributed by atoms with E-state index in [2.05, 4.69) is 4.98 Å². The average Bonchev–Trinajstić information content (AvgIpc) is 2.64. The van der Waals surface area contributed by atoms with E-state index in [1.807, 2.05) is 42.7 Å². The Morgan fingerprint density at radius 3 is 2.47 bits per heavy atom. The third-order valence-corrected chi connectivity index (χ3v) is 2.99. The highest BCUT2D eigenvalue weighted by Gasteiger charge is 2.15. The molecule has 0 unspecified atom stereocenters. The van der Waals surface area contributed by atoms with Crippen molar-refractivity contribution in [2.24, 2.45) is 0 Å². The number of carboxylic acid groups (broad SMARTS) is 1. The molecule has 0 aliphatic heterocycles. The molecule has 0 aliphatic rings. The summed E-state index contributed by atoms with van der Waals surface area (Å²) in [6.45, 7) is 3.69. The van der Waals surface area contributed by atoms with Crippen LogP contribution in [0.15, 0.2) is 24.3 Å². The SMILES string of the molecule is COc1ccc(-n2c(C)nc(C)c2CC(=O)O)cc1. The van der Waals surface area contributed by atoms with Crippen LogP contribution in [0.2, 0.25) is 0 Å². The van der Waals surface area contributed by atoms with Gasteiger partial charge in [-0.3, -0.25) is 4.79 Å². The summed E-state index contributed by atoms with van der Waals surface area (Å²) >= 11 is 0. The molecular formula is C14H16N2O3. The smallest absolute Gasteiger partial charge is 0.309 e. The van der Waals surface area contributed by atoms with Crippen LogP contribution in [-0.4, -0.2) is 27.7 Å². The molecule has 2 aromatic rings. The molecule has 0 amide bonds. The molecule has 0 radical (unpaired) electrons. The Morgan fingerprint density at radius 2 is 1.95 bits per heavy atom. The molecule has 100 valence electrons. The molecule has 19 heavy (non-hydrogen) atoms. The van der Waals surface area contributed by atoms with Gasteiger partial charge >= 0.3 is 5.97 Å². The van der Waals surface area contributed by atoms with Crippen LogP contribution < -0.4 is 4.74 Å². The normalized spacial score (nSPS) is 10.5. The summed E-state index contributed by atoms with van der Waals surface area (Å²) in [7, 11) is 1.61. The standard InChI is InChI=1S/C14H16N2O3/c1-9-13(8-14(17)18)16(10(2)15-9)11-4-6-12(19-3)7-5-11/h4-7H,8H2,1-3H3,(H,17,18). The van der Waals surface area contributed by atoms with Gasteiger partial charge in [-0.1, -0.05) is 0 Å². The van der Waals surface area contributed by atoms with Crippen LogP contribution in [0.25, 0.3) is 5.69 Å². The molecular weight excluding hydrogens is 244 g/mol. The van der Waals surface area contributed by atoms with Gasteiger partial charge in [-0.05, 0) is 38.1 Å². The van der Waals surface area contributed by atoms with E-state index in [-0.39, 0.29) is 6.42 Å². The number of aryl methyl sites for hydroxylation is 2. The number of carbonyl (C=O) groups is 1. The molecule has 0 aliphatic carbocycles. The second-order valence-corrected chi connectivity index (χ2v) is 4.30. The van der Waals surface area contributed by atoms with Crippen molar-refractivity contribution in [2.75, 3.05) is 7.11 Å². The van der Waals surface area contributed by atoms with Gasteiger partial charge in [-0.15, -0.1) is 0 Å².